The summed E-state index contributed by atoms with van der Waals surface area (Å²) in [6.45, 7) is 1.00. The van der Waals surface area contributed by atoms with Gasteiger partial charge in [0.05, 0.1) is 11.9 Å². The van der Waals surface area contributed by atoms with Crippen molar-refractivity contribution in [1.29, 1.82) is 0 Å². The Morgan fingerprint density at radius 2 is 2.32 bits per heavy atom. The fraction of sp³-hybridized carbons (Fsp3) is 0.462. The first-order valence-electron chi connectivity index (χ1n) is 6.62. The first kappa shape index (κ1) is 12.0. The van der Waals surface area contributed by atoms with Gasteiger partial charge in [0.2, 0.25) is 5.95 Å². The van der Waals surface area contributed by atoms with Gasteiger partial charge in [-0.3, -0.25) is 4.68 Å². The molecule has 3 rings (SSSR count). The minimum Gasteiger partial charge on any atom is -0.370 e. The highest BCUT2D eigenvalue weighted by Crippen LogP contribution is 2.26. The van der Waals surface area contributed by atoms with Crippen LogP contribution in [0.25, 0.3) is 0 Å². The third kappa shape index (κ3) is 3.01. The van der Waals surface area contributed by atoms with E-state index in [9.17, 15) is 0 Å². The second-order valence-corrected chi connectivity index (χ2v) is 4.97. The second-order valence-electron chi connectivity index (χ2n) is 4.97. The number of anilines is 3. The average molecular weight is 258 g/mol. The van der Waals surface area contributed by atoms with Crippen molar-refractivity contribution in [3.8, 4) is 0 Å². The molecular formula is C13H18N6. The lowest BCUT2D eigenvalue weighted by atomic mass is 9.85. The van der Waals surface area contributed by atoms with Gasteiger partial charge in [-0.1, -0.05) is 6.42 Å². The molecule has 0 unspecified atom stereocenters. The van der Waals surface area contributed by atoms with Gasteiger partial charge in [0.25, 0.3) is 0 Å². The molecule has 2 aromatic heterocycles. The van der Waals surface area contributed by atoms with Crippen molar-refractivity contribution in [2.45, 2.75) is 19.3 Å². The lowest BCUT2D eigenvalue weighted by molar-refractivity contribution is 0.333. The second kappa shape index (κ2) is 5.26. The zero-order valence-electron chi connectivity index (χ0n) is 11.0. The smallest absolute Gasteiger partial charge is 0.229 e. The zero-order valence-corrected chi connectivity index (χ0v) is 11.0. The molecule has 2 heterocycles. The largest absolute Gasteiger partial charge is 0.370 e. The number of hydrogen-bond donors (Lipinski definition) is 2. The van der Waals surface area contributed by atoms with Gasteiger partial charge in [-0.2, -0.15) is 10.1 Å². The van der Waals surface area contributed by atoms with E-state index in [1.54, 1.807) is 17.1 Å². The van der Waals surface area contributed by atoms with Crippen LogP contribution >= 0.6 is 0 Å². The van der Waals surface area contributed by atoms with Crippen LogP contribution in [0.3, 0.4) is 0 Å². The van der Waals surface area contributed by atoms with Gasteiger partial charge in [-0.15, -0.1) is 0 Å². The van der Waals surface area contributed by atoms with Gasteiger partial charge >= 0.3 is 0 Å². The Morgan fingerprint density at radius 3 is 3.00 bits per heavy atom. The summed E-state index contributed by atoms with van der Waals surface area (Å²) in [5, 5.41) is 10.6. The monoisotopic (exact) mass is 258 g/mol. The Hall–Kier alpha value is -2.11. The van der Waals surface area contributed by atoms with Crippen LogP contribution in [0.5, 0.6) is 0 Å². The summed E-state index contributed by atoms with van der Waals surface area (Å²) in [7, 11) is 1.88. The number of nitrogens with zero attached hydrogens (tertiary/aromatic N) is 4. The average Bonchev–Trinajstić information content (AvgIpc) is 2.73. The molecule has 0 atom stereocenters. The Balaban J connectivity index is 1.61. The van der Waals surface area contributed by atoms with E-state index in [1.165, 1.54) is 19.3 Å². The van der Waals surface area contributed by atoms with E-state index < -0.39 is 0 Å². The first-order chi connectivity index (χ1) is 9.29. The van der Waals surface area contributed by atoms with Crippen LogP contribution in [-0.4, -0.2) is 26.3 Å². The van der Waals surface area contributed by atoms with Crippen LogP contribution in [-0.2, 0) is 7.05 Å². The molecule has 19 heavy (non-hydrogen) atoms. The summed E-state index contributed by atoms with van der Waals surface area (Å²) in [4.78, 5) is 8.64. The summed E-state index contributed by atoms with van der Waals surface area (Å²) >= 11 is 0. The van der Waals surface area contributed by atoms with E-state index >= 15 is 0 Å². The molecule has 6 heteroatoms. The van der Waals surface area contributed by atoms with Crippen molar-refractivity contribution in [2.75, 3.05) is 17.2 Å². The van der Waals surface area contributed by atoms with Gasteiger partial charge < -0.3 is 10.6 Å². The van der Waals surface area contributed by atoms with Gasteiger partial charge in [0.15, 0.2) is 0 Å². The molecule has 2 N–H and O–H groups in total. The molecule has 0 amide bonds. The van der Waals surface area contributed by atoms with Crippen LogP contribution in [0.2, 0.25) is 0 Å². The molecule has 100 valence electrons. The summed E-state index contributed by atoms with van der Waals surface area (Å²) in [5.41, 5.74) is 0.888. The highest BCUT2D eigenvalue weighted by Gasteiger charge is 2.16. The number of rotatable bonds is 5. The van der Waals surface area contributed by atoms with Crippen molar-refractivity contribution < 1.29 is 0 Å². The highest BCUT2D eigenvalue weighted by molar-refractivity contribution is 5.52. The third-order valence-corrected chi connectivity index (χ3v) is 3.41. The van der Waals surface area contributed by atoms with Crippen LogP contribution in [0, 0.1) is 5.92 Å². The standard InChI is InChI=1S/C13H18N6/c1-19-9-11(8-16-19)17-13-14-6-5-12(18-13)15-7-10-3-2-4-10/h5-6,8-10H,2-4,7H2,1H3,(H2,14,15,17,18). The Kier molecular flexibility index (Phi) is 3.31. The zero-order chi connectivity index (χ0) is 13.1. The number of nitrogens with one attached hydrogen (secondary N) is 2. The lowest BCUT2D eigenvalue weighted by Gasteiger charge is -2.25. The summed E-state index contributed by atoms with van der Waals surface area (Å²) in [6.07, 6.45) is 9.42. The lowest BCUT2D eigenvalue weighted by Crippen LogP contribution is -2.21. The molecular weight excluding hydrogens is 240 g/mol. The van der Waals surface area contributed by atoms with Gasteiger partial charge in [-0.05, 0) is 24.8 Å². The quantitative estimate of drug-likeness (QED) is 0.860. The maximum Gasteiger partial charge on any atom is 0.229 e. The summed E-state index contributed by atoms with van der Waals surface area (Å²) < 4.78 is 1.74. The van der Waals surface area contributed by atoms with Crippen molar-refractivity contribution in [1.82, 2.24) is 19.7 Å². The molecule has 1 saturated carbocycles. The van der Waals surface area contributed by atoms with Gasteiger partial charge in [0.1, 0.15) is 5.82 Å². The number of aromatic nitrogens is 4. The van der Waals surface area contributed by atoms with E-state index in [0.717, 1.165) is 24.0 Å². The summed E-state index contributed by atoms with van der Waals surface area (Å²) in [6, 6.07) is 1.90. The molecule has 1 aliphatic carbocycles. The van der Waals surface area contributed by atoms with E-state index in [1.807, 2.05) is 19.3 Å². The topological polar surface area (TPSA) is 67.7 Å². The van der Waals surface area contributed by atoms with Crippen LogP contribution in [0.4, 0.5) is 17.5 Å². The van der Waals surface area contributed by atoms with Crippen LogP contribution in [0.1, 0.15) is 19.3 Å². The molecule has 0 aliphatic heterocycles. The molecule has 0 aromatic carbocycles. The maximum atomic E-state index is 4.44. The fourth-order valence-electron chi connectivity index (χ4n) is 2.08. The Labute approximate surface area is 112 Å². The Morgan fingerprint density at radius 1 is 1.42 bits per heavy atom. The molecule has 0 spiro atoms. The van der Waals surface area contributed by atoms with Gasteiger partial charge in [0, 0.05) is 26.0 Å². The first-order valence-corrected chi connectivity index (χ1v) is 6.62. The molecule has 6 nitrogen and oxygen atoms in total. The highest BCUT2D eigenvalue weighted by atomic mass is 15.3. The van der Waals surface area contributed by atoms with E-state index in [0.29, 0.717) is 5.95 Å². The normalized spacial score (nSPS) is 15.0. The maximum absolute atomic E-state index is 4.44. The predicted octanol–water partition coefficient (Wildman–Crippen LogP) is 2.17. The molecule has 0 radical (unpaired) electrons. The molecule has 0 bridgehead atoms. The number of aryl methyl sites for hydroxylation is 1. The van der Waals surface area contributed by atoms with Crippen molar-refractivity contribution in [3.63, 3.8) is 0 Å². The fourth-order valence-corrected chi connectivity index (χ4v) is 2.08. The van der Waals surface area contributed by atoms with E-state index in [4.69, 9.17) is 0 Å². The minimum absolute atomic E-state index is 0.589. The van der Waals surface area contributed by atoms with Crippen molar-refractivity contribution in [3.05, 3.63) is 24.7 Å². The Bertz CT molecular complexity index is 546. The molecule has 2 aromatic rings. The molecule has 0 saturated heterocycles. The molecule has 1 fully saturated rings. The van der Waals surface area contributed by atoms with Crippen molar-refractivity contribution >= 4 is 17.5 Å². The third-order valence-electron chi connectivity index (χ3n) is 3.41. The minimum atomic E-state index is 0.589. The van der Waals surface area contributed by atoms with Crippen LogP contribution < -0.4 is 10.6 Å². The van der Waals surface area contributed by atoms with E-state index in [2.05, 4.69) is 25.7 Å². The number of hydrogen-bond acceptors (Lipinski definition) is 5. The summed E-state index contributed by atoms with van der Waals surface area (Å²) in [5.74, 6) is 2.27. The predicted molar refractivity (Wildman–Crippen MR) is 74.4 cm³/mol. The SMILES string of the molecule is Cn1cc(Nc2nccc(NCC3CCC3)n2)cn1. The van der Waals surface area contributed by atoms with Crippen LogP contribution in [0.15, 0.2) is 24.7 Å². The van der Waals surface area contributed by atoms with Gasteiger partial charge in [-0.25, -0.2) is 4.98 Å². The van der Waals surface area contributed by atoms with E-state index in [-0.39, 0.29) is 0 Å². The van der Waals surface area contributed by atoms with Crippen molar-refractivity contribution in [2.24, 2.45) is 13.0 Å². The molecule has 1 aliphatic rings.